The van der Waals surface area contributed by atoms with Gasteiger partial charge >= 0.3 is 0 Å². The summed E-state index contributed by atoms with van der Waals surface area (Å²) >= 11 is 2.04. The molecule has 2 aromatic heterocycles. The second-order valence-electron chi connectivity index (χ2n) is 5.14. The fourth-order valence-electron chi connectivity index (χ4n) is 2.73. The van der Waals surface area contributed by atoms with Crippen molar-refractivity contribution in [1.29, 1.82) is 0 Å². The highest BCUT2D eigenvalue weighted by atomic mass is 32.2. The second-order valence-corrected chi connectivity index (χ2v) is 6.72. The third-order valence-electron chi connectivity index (χ3n) is 3.71. The van der Waals surface area contributed by atoms with Crippen molar-refractivity contribution in [1.82, 2.24) is 19.7 Å². The average molecular weight is 304 g/mol. The predicted molar refractivity (Wildman–Crippen MR) is 86.7 cm³/mol. The molecule has 0 aromatic carbocycles. The van der Waals surface area contributed by atoms with Crippen LogP contribution < -0.4 is 11.1 Å². The molecule has 7 heteroatoms. The number of nitrogens with zero attached hydrogens (tertiary/aromatic N) is 4. The number of anilines is 2. The van der Waals surface area contributed by atoms with E-state index in [4.69, 9.17) is 5.73 Å². The molecule has 3 rings (SSSR count). The first-order valence-corrected chi connectivity index (χ1v) is 8.31. The lowest BCUT2D eigenvalue weighted by molar-refractivity contribution is 0.750. The second kappa shape index (κ2) is 6.34. The van der Waals surface area contributed by atoms with E-state index in [2.05, 4.69) is 27.3 Å². The number of hydrogen-bond acceptors (Lipinski definition) is 6. The largest absolute Gasteiger partial charge is 0.393 e. The lowest BCUT2D eigenvalue weighted by Crippen LogP contribution is -2.19. The van der Waals surface area contributed by atoms with Crippen LogP contribution in [-0.4, -0.2) is 36.8 Å². The molecule has 1 aliphatic carbocycles. The summed E-state index contributed by atoms with van der Waals surface area (Å²) in [5, 5.41) is 8.39. The van der Waals surface area contributed by atoms with Crippen molar-refractivity contribution in [3.63, 3.8) is 0 Å². The zero-order valence-electron chi connectivity index (χ0n) is 12.1. The maximum Gasteiger partial charge on any atom is 0.181 e. The molecule has 21 heavy (non-hydrogen) atoms. The molecule has 6 nitrogen and oxygen atoms in total. The summed E-state index contributed by atoms with van der Waals surface area (Å²) in [5.41, 5.74) is 6.74. The van der Waals surface area contributed by atoms with Crippen LogP contribution in [0.15, 0.2) is 24.8 Å². The van der Waals surface area contributed by atoms with Gasteiger partial charge in [-0.3, -0.25) is 0 Å². The van der Waals surface area contributed by atoms with Crippen LogP contribution in [0.25, 0.3) is 5.82 Å². The molecule has 0 amide bonds. The van der Waals surface area contributed by atoms with E-state index in [9.17, 15) is 0 Å². The van der Waals surface area contributed by atoms with Crippen LogP contribution in [0.5, 0.6) is 0 Å². The Bertz CT molecular complexity index is 585. The van der Waals surface area contributed by atoms with E-state index in [1.54, 1.807) is 10.9 Å². The van der Waals surface area contributed by atoms with Gasteiger partial charge in [-0.05, 0) is 31.1 Å². The van der Waals surface area contributed by atoms with Crippen molar-refractivity contribution >= 4 is 23.3 Å². The Morgan fingerprint density at radius 3 is 3.10 bits per heavy atom. The molecule has 0 spiro atoms. The Morgan fingerprint density at radius 1 is 1.43 bits per heavy atom. The maximum absolute atomic E-state index is 6.19. The van der Waals surface area contributed by atoms with E-state index >= 15 is 0 Å². The molecule has 1 saturated carbocycles. The van der Waals surface area contributed by atoms with Crippen molar-refractivity contribution in [3.8, 4) is 5.82 Å². The highest BCUT2D eigenvalue weighted by Crippen LogP contribution is 2.32. The summed E-state index contributed by atoms with van der Waals surface area (Å²) in [6.07, 6.45) is 8.65. The van der Waals surface area contributed by atoms with Gasteiger partial charge in [-0.2, -0.15) is 16.9 Å². The topological polar surface area (TPSA) is 81.7 Å². The predicted octanol–water partition coefficient (Wildman–Crippen LogP) is 2.33. The standard InChI is InChI=1S/C14H20N6S/c1-2-21-11-5-4-10(8-11)19-13-12(15)14(17-9-16-13)20-7-3-6-18-20/h3,6-7,9-11H,2,4-5,8,15H2,1H3,(H,16,17,19)/t10-,11-/m1/s1. The van der Waals surface area contributed by atoms with Crippen molar-refractivity contribution < 1.29 is 0 Å². The van der Waals surface area contributed by atoms with Crippen molar-refractivity contribution in [2.24, 2.45) is 0 Å². The van der Waals surface area contributed by atoms with Gasteiger partial charge in [0, 0.05) is 23.7 Å². The highest BCUT2D eigenvalue weighted by Gasteiger charge is 2.25. The summed E-state index contributed by atoms with van der Waals surface area (Å²) < 4.78 is 1.66. The van der Waals surface area contributed by atoms with Crippen LogP contribution in [-0.2, 0) is 0 Å². The minimum absolute atomic E-state index is 0.441. The Morgan fingerprint density at radius 2 is 2.33 bits per heavy atom. The average Bonchev–Trinajstić information content (AvgIpc) is 3.13. The zero-order valence-corrected chi connectivity index (χ0v) is 12.9. The lowest BCUT2D eigenvalue weighted by atomic mass is 10.2. The molecular formula is C14H20N6S. The van der Waals surface area contributed by atoms with Gasteiger partial charge in [-0.1, -0.05) is 6.92 Å². The third-order valence-corrected chi connectivity index (χ3v) is 4.94. The van der Waals surface area contributed by atoms with E-state index in [0.29, 0.717) is 23.4 Å². The highest BCUT2D eigenvalue weighted by molar-refractivity contribution is 7.99. The maximum atomic E-state index is 6.19. The summed E-state index contributed by atoms with van der Waals surface area (Å²) in [7, 11) is 0. The Balaban J connectivity index is 1.73. The van der Waals surface area contributed by atoms with Gasteiger partial charge in [0.15, 0.2) is 11.6 Å². The Kier molecular flexibility index (Phi) is 4.28. The minimum Gasteiger partial charge on any atom is -0.393 e. The first kappa shape index (κ1) is 14.2. The van der Waals surface area contributed by atoms with Crippen LogP contribution in [0.2, 0.25) is 0 Å². The molecule has 2 atom stereocenters. The summed E-state index contributed by atoms with van der Waals surface area (Å²) in [5.74, 6) is 2.51. The fourth-order valence-corrected chi connectivity index (χ4v) is 3.87. The molecule has 0 unspecified atom stereocenters. The number of nitrogens with one attached hydrogen (secondary N) is 1. The first-order chi connectivity index (χ1) is 10.3. The first-order valence-electron chi connectivity index (χ1n) is 7.26. The minimum atomic E-state index is 0.441. The van der Waals surface area contributed by atoms with Gasteiger partial charge in [-0.15, -0.1) is 0 Å². The molecule has 112 valence electrons. The van der Waals surface area contributed by atoms with Crippen LogP contribution in [0.3, 0.4) is 0 Å². The van der Waals surface area contributed by atoms with Gasteiger partial charge in [0.1, 0.15) is 12.0 Å². The van der Waals surface area contributed by atoms with Crippen LogP contribution in [0.4, 0.5) is 11.5 Å². The normalized spacial score (nSPS) is 21.6. The summed E-state index contributed by atoms with van der Waals surface area (Å²) in [4.78, 5) is 8.51. The van der Waals surface area contributed by atoms with Gasteiger partial charge in [0.05, 0.1) is 0 Å². The molecule has 2 heterocycles. The van der Waals surface area contributed by atoms with Crippen molar-refractivity contribution in [2.45, 2.75) is 37.5 Å². The van der Waals surface area contributed by atoms with Gasteiger partial charge in [-0.25, -0.2) is 14.6 Å². The number of thioether (sulfide) groups is 1. The molecule has 2 aromatic rings. The molecule has 1 aliphatic rings. The van der Waals surface area contributed by atoms with Crippen molar-refractivity contribution in [3.05, 3.63) is 24.8 Å². The van der Waals surface area contributed by atoms with Gasteiger partial charge < -0.3 is 11.1 Å². The summed E-state index contributed by atoms with van der Waals surface area (Å²) in [6, 6.07) is 2.29. The van der Waals surface area contributed by atoms with Crippen molar-refractivity contribution in [2.75, 3.05) is 16.8 Å². The molecule has 0 saturated heterocycles. The molecular weight excluding hydrogens is 284 g/mol. The number of aromatic nitrogens is 4. The monoisotopic (exact) mass is 304 g/mol. The SMILES string of the molecule is CCS[C@@H]1CC[C@@H](Nc2ncnc(-n3cccn3)c2N)C1. The molecule has 1 fully saturated rings. The van der Waals surface area contributed by atoms with E-state index in [0.717, 1.165) is 11.7 Å². The van der Waals surface area contributed by atoms with Crippen LogP contribution >= 0.6 is 11.8 Å². The smallest absolute Gasteiger partial charge is 0.181 e. The molecule has 0 aliphatic heterocycles. The van der Waals surface area contributed by atoms with Gasteiger partial charge in [0.2, 0.25) is 0 Å². The third kappa shape index (κ3) is 3.12. The quantitative estimate of drug-likeness (QED) is 0.882. The fraction of sp³-hybridized carbons (Fsp3) is 0.500. The number of nitrogen functional groups attached to an aromatic ring is 1. The van der Waals surface area contributed by atoms with E-state index in [1.807, 2.05) is 24.0 Å². The van der Waals surface area contributed by atoms with Crippen LogP contribution in [0, 0.1) is 0 Å². The number of hydrogen-bond donors (Lipinski definition) is 2. The number of nitrogens with two attached hydrogens (primary N) is 1. The Labute approximate surface area is 128 Å². The Hall–Kier alpha value is -1.76. The van der Waals surface area contributed by atoms with Crippen LogP contribution in [0.1, 0.15) is 26.2 Å². The van der Waals surface area contributed by atoms with E-state index < -0.39 is 0 Å². The van der Waals surface area contributed by atoms with E-state index in [-0.39, 0.29) is 0 Å². The molecule has 0 radical (unpaired) electrons. The summed E-state index contributed by atoms with van der Waals surface area (Å²) in [6.45, 7) is 2.21. The number of rotatable bonds is 5. The lowest BCUT2D eigenvalue weighted by Gasteiger charge is -2.16. The van der Waals surface area contributed by atoms with E-state index in [1.165, 1.54) is 24.9 Å². The van der Waals surface area contributed by atoms with Gasteiger partial charge in [0.25, 0.3) is 0 Å². The molecule has 0 bridgehead atoms. The molecule has 3 N–H and O–H groups in total. The zero-order chi connectivity index (χ0) is 14.7.